The van der Waals surface area contributed by atoms with Gasteiger partial charge in [-0.25, -0.2) is 0 Å². The molecule has 138 valence electrons. The molecular weight excluding hydrogens is 340 g/mol. The monoisotopic (exact) mass is 362 g/mol. The number of carbonyl (C=O) groups is 2. The number of fused-ring (bicyclic) bond motifs is 1. The van der Waals surface area contributed by atoms with Gasteiger partial charge in [0.25, 0.3) is 5.91 Å². The quantitative estimate of drug-likeness (QED) is 0.758. The van der Waals surface area contributed by atoms with Gasteiger partial charge in [0.05, 0.1) is 18.4 Å². The molecular formula is C21H22N4O2. The minimum Gasteiger partial charge on any atom is -0.341 e. The number of benzene rings is 2. The number of likely N-dealkylation sites (tertiary alicyclic amines) is 1. The third kappa shape index (κ3) is 3.56. The highest BCUT2D eigenvalue weighted by atomic mass is 16.2. The predicted octanol–water partition coefficient (Wildman–Crippen LogP) is 3.22. The summed E-state index contributed by atoms with van der Waals surface area (Å²) in [5.74, 6) is 0.0578. The van der Waals surface area contributed by atoms with E-state index in [1.165, 1.54) is 0 Å². The van der Waals surface area contributed by atoms with Crippen LogP contribution in [0.4, 0.5) is 5.69 Å². The van der Waals surface area contributed by atoms with E-state index in [4.69, 9.17) is 0 Å². The van der Waals surface area contributed by atoms with E-state index < -0.39 is 0 Å². The molecule has 1 aliphatic rings. The van der Waals surface area contributed by atoms with Gasteiger partial charge in [0.1, 0.15) is 0 Å². The van der Waals surface area contributed by atoms with Gasteiger partial charge in [-0.3, -0.25) is 14.3 Å². The van der Waals surface area contributed by atoms with Gasteiger partial charge >= 0.3 is 0 Å². The van der Waals surface area contributed by atoms with Crippen LogP contribution >= 0.6 is 0 Å². The van der Waals surface area contributed by atoms with Crippen LogP contribution in [0.25, 0.3) is 10.8 Å². The zero-order chi connectivity index (χ0) is 18.8. The molecule has 3 aromatic rings. The molecule has 1 N–H and O–H groups in total. The molecule has 0 spiro atoms. The van der Waals surface area contributed by atoms with Crippen LogP contribution in [0.1, 0.15) is 28.8 Å². The van der Waals surface area contributed by atoms with Crippen molar-refractivity contribution in [2.45, 2.75) is 26.3 Å². The van der Waals surface area contributed by atoms with E-state index in [1.54, 1.807) is 17.1 Å². The van der Waals surface area contributed by atoms with Crippen molar-refractivity contribution in [1.82, 2.24) is 14.7 Å². The Labute approximate surface area is 157 Å². The summed E-state index contributed by atoms with van der Waals surface area (Å²) in [6.45, 7) is 4.13. The third-order valence-corrected chi connectivity index (χ3v) is 5.05. The van der Waals surface area contributed by atoms with Crippen molar-refractivity contribution in [3.8, 4) is 0 Å². The lowest BCUT2D eigenvalue weighted by molar-refractivity contribution is -0.127. The topological polar surface area (TPSA) is 67.2 Å². The summed E-state index contributed by atoms with van der Waals surface area (Å²) < 4.78 is 1.76. The molecule has 0 bridgehead atoms. The van der Waals surface area contributed by atoms with Crippen LogP contribution in [0.5, 0.6) is 0 Å². The van der Waals surface area contributed by atoms with Gasteiger partial charge in [0, 0.05) is 31.3 Å². The first-order valence-corrected chi connectivity index (χ1v) is 9.22. The number of anilines is 1. The first kappa shape index (κ1) is 17.3. The third-order valence-electron chi connectivity index (χ3n) is 5.05. The minimum atomic E-state index is -0.152. The second-order valence-electron chi connectivity index (χ2n) is 6.91. The average molecular weight is 362 g/mol. The summed E-state index contributed by atoms with van der Waals surface area (Å²) in [5.41, 5.74) is 2.44. The normalized spacial score (nSPS) is 14.1. The van der Waals surface area contributed by atoms with Crippen LogP contribution in [0.15, 0.2) is 48.8 Å². The molecule has 2 aromatic carbocycles. The number of aromatic nitrogens is 2. The van der Waals surface area contributed by atoms with Crippen molar-refractivity contribution in [2.24, 2.45) is 0 Å². The van der Waals surface area contributed by atoms with Crippen molar-refractivity contribution in [3.05, 3.63) is 59.9 Å². The first-order valence-electron chi connectivity index (χ1n) is 9.22. The van der Waals surface area contributed by atoms with E-state index in [2.05, 4.69) is 10.4 Å². The number of hydrogen-bond acceptors (Lipinski definition) is 3. The van der Waals surface area contributed by atoms with Crippen LogP contribution in [-0.4, -0.2) is 39.6 Å². The Hall–Kier alpha value is -3.15. The fraction of sp³-hybridized carbons (Fsp3) is 0.286. The van der Waals surface area contributed by atoms with Gasteiger partial charge in [0.2, 0.25) is 5.91 Å². The fourth-order valence-corrected chi connectivity index (χ4v) is 3.56. The Morgan fingerprint density at radius 3 is 2.74 bits per heavy atom. The summed E-state index contributed by atoms with van der Waals surface area (Å²) in [4.78, 5) is 26.3. The molecule has 1 aliphatic heterocycles. The molecule has 2 amide bonds. The maximum atomic E-state index is 12.8. The largest absolute Gasteiger partial charge is 0.341 e. The molecule has 0 aliphatic carbocycles. The highest BCUT2D eigenvalue weighted by Crippen LogP contribution is 2.23. The van der Waals surface area contributed by atoms with Crippen LogP contribution in [0.2, 0.25) is 0 Å². The van der Waals surface area contributed by atoms with Gasteiger partial charge in [0.15, 0.2) is 0 Å². The van der Waals surface area contributed by atoms with Crippen molar-refractivity contribution >= 4 is 28.3 Å². The molecule has 0 atom stereocenters. The zero-order valence-electron chi connectivity index (χ0n) is 15.3. The number of hydrogen-bond donors (Lipinski definition) is 1. The van der Waals surface area contributed by atoms with E-state index >= 15 is 0 Å². The van der Waals surface area contributed by atoms with Crippen LogP contribution < -0.4 is 5.32 Å². The molecule has 2 heterocycles. The number of amides is 2. The van der Waals surface area contributed by atoms with Crippen molar-refractivity contribution in [1.29, 1.82) is 0 Å². The summed E-state index contributed by atoms with van der Waals surface area (Å²) in [5, 5.41) is 9.23. The minimum absolute atomic E-state index is 0.152. The standard InChI is InChI=1S/C21H22N4O2/c1-15-8-9-19(18-6-3-2-5-17(15)18)21(27)23-16-13-22-25(14-16)12-11-24-10-4-7-20(24)26/h2-3,5-6,8-9,13-14H,4,7,10-12H2,1H3,(H,23,27). The lowest BCUT2D eigenvalue weighted by Crippen LogP contribution is -2.28. The fourth-order valence-electron chi connectivity index (χ4n) is 3.56. The van der Waals surface area contributed by atoms with Gasteiger partial charge in [-0.05, 0) is 35.7 Å². The molecule has 6 nitrogen and oxygen atoms in total. The molecule has 1 fully saturated rings. The molecule has 6 heteroatoms. The maximum absolute atomic E-state index is 12.8. The van der Waals surface area contributed by atoms with Crippen LogP contribution in [0, 0.1) is 6.92 Å². The number of rotatable bonds is 5. The van der Waals surface area contributed by atoms with E-state index in [-0.39, 0.29) is 11.8 Å². The molecule has 27 heavy (non-hydrogen) atoms. The lowest BCUT2D eigenvalue weighted by Gasteiger charge is -2.14. The smallest absolute Gasteiger partial charge is 0.256 e. The Balaban J connectivity index is 1.45. The maximum Gasteiger partial charge on any atom is 0.256 e. The van der Waals surface area contributed by atoms with E-state index in [9.17, 15) is 9.59 Å². The lowest BCUT2D eigenvalue weighted by atomic mass is 10.00. The number of nitrogens with one attached hydrogen (secondary N) is 1. The Morgan fingerprint density at radius 2 is 1.96 bits per heavy atom. The highest BCUT2D eigenvalue weighted by molar-refractivity contribution is 6.13. The van der Waals surface area contributed by atoms with Gasteiger partial charge in [-0.1, -0.05) is 30.3 Å². The van der Waals surface area contributed by atoms with Gasteiger partial charge < -0.3 is 10.2 Å². The molecule has 0 saturated carbocycles. The molecule has 1 aromatic heterocycles. The van der Waals surface area contributed by atoms with E-state index in [0.29, 0.717) is 30.8 Å². The number of carbonyl (C=O) groups excluding carboxylic acids is 2. The van der Waals surface area contributed by atoms with Crippen molar-refractivity contribution in [3.63, 3.8) is 0 Å². The summed E-state index contributed by atoms with van der Waals surface area (Å²) in [7, 11) is 0. The Bertz CT molecular complexity index is 1010. The van der Waals surface area contributed by atoms with Crippen molar-refractivity contribution in [2.75, 3.05) is 18.4 Å². The van der Waals surface area contributed by atoms with E-state index in [1.807, 2.05) is 48.2 Å². The highest BCUT2D eigenvalue weighted by Gasteiger charge is 2.19. The van der Waals surface area contributed by atoms with Crippen molar-refractivity contribution < 1.29 is 9.59 Å². The van der Waals surface area contributed by atoms with E-state index in [0.717, 1.165) is 29.3 Å². The zero-order valence-corrected chi connectivity index (χ0v) is 15.3. The number of nitrogens with zero attached hydrogens (tertiary/aromatic N) is 3. The summed E-state index contributed by atoms with van der Waals surface area (Å²) >= 11 is 0. The summed E-state index contributed by atoms with van der Waals surface area (Å²) in [6, 6.07) is 11.7. The van der Waals surface area contributed by atoms with Gasteiger partial charge in [-0.2, -0.15) is 5.10 Å². The SMILES string of the molecule is Cc1ccc(C(=O)Nc2cnn(CCN3CCCC3=O)c2)c2ccccc12. The Kier molecular flexibility index (Phi) is 4.62. The number of aryl methyl sites for hydroxylation is 1. The second-order valence-corrected chi connectivity index (χ2v) is 6.91. The second kappa shape index (κ2) is 7.23. The molecule has 0 radical (unpaired) electrons. The Morgan fingerprint density at radius 1 is 1.15 bits per heavy atom. The van der Waals surface area contributed by atoms with Crippen LogP contribution in [-0.2, 0) is 11.3 Å². The molecule has 4 rings (SSSR count). The van der Waals surface area contributed by atoms with Crippen LogP contribution in [0.3, 0.4) is 0 Å². The predicted molar refractivity (Wildman–Crippen MR) is 105 cm³/mol. The first-order chi connectivity index (χ1) is 13.1. The van der Waals surface area contributed by atoms with Gasteiger partial charge in [-0.15, -0.1) is 0 Å². The molecule has 1 saturated heterocycles. The summed E-state index contributed by atoms with van der Waals surface area (Å²) in [6.07, 6.45) is 5.02. The molecule has 0 unspecified atom stereocenters. The average Bonchev–Trinajstić information content (AvgIpc) is 3.29.